The Morgan fingerprint density at radius 1 is 1.50 bits per heavy atom. The van der Waals surface area contributed by atoms with Gasteiger partial charge >= 0.3 is 0 Å². The SMILES string of the molecule is CCOCCNC(C)(C)I. The van der Waals surface area contributed by atoms with Gasteiger partial charge in [0.15, 0.2) is 0 Å². The summed E-state index contributed by atoms with van der Waals surface area (Å²) in [4.78, 5) is 0. The maximum atomic E-state index is 5.16. The maximum Gasteiger partial charge on any atom is 0.0649 e. The highest BCUT2D eigenvalue weighted by Gasteiger charge is 2.08. The third-order valence-electron chi connectivity index (χ3n) is 0.996. The number of hydrogen-bond donors (Lipinski definition) is 1. The Balaban J connectivity index is 3.04. The molecule has 0 atom stereocenters. The Labute approximate surface area is 76.9 Å². The van der Waals surface area contributed by atoms with Crippen LogP contribution in [0.2, 0.25) is 0 Å². The standard InChI is InChI=1S/C7H16INO/c1-4-10-6-5-9-7(2,3)8/h9H,4-6H2,1-3H3. The monoisotopic (exact) mass is 257 g/mol. The number of halogens is 1. The van der Waals surface area contributed by atoms with Crippen molar-refractivity contribution in [2.24, 2.45) is 0 Å². The summed E-state index contributed by atoms with van der Waals surface area (Å²) < 4.78 is 5.35. The van der Waals surface area contributed by atoms with Crippen molar-refractivity contribution in [1.82, 2.24) is 5.32 Å². The average Bonchev–Trinajstić information content (AvgIpc) is 1.78. The molecule has 0 saturated heterocycles. The summed E-state index contributed by atoms with van der Waals surface area (Å²) in [6.07, 6.45) is 0. The first-order chi connectivity index (χ1) is 4.56. The molecule has 0 amide bonds. The van der Waals surface area contributed by atoms with Crippen LogP contribution >= 0.6 is 22.6 Å². The number of ether oxygens (including phenoxy) is 1. The first kappa shape index (κ1) is 10.7. The summed E-state index contributed by atoms with van der Waals surface area (Å²) in [6, 6.07) is 0. The van der Waals surface area contributed by atoms with E-state index in [0.717, 1.165) is 19.8 Å². The van der Waals surface area contributed by atoms with E-state index in [4.69, 9.17) is 4.74 Å². The van der Waals surface area contributed by atoms with Gasteiger partial charge in [0, 0.05) is 13.2 Å². The first-order valence-corrected chi connectivity index (χ1v) is 4.66. The lowest BCUT2D eigenvalue weighted by atomic mass is 10.4. The van der Waals surface area contributed by atoms with Crippen molar-refractivity contribution in [2.75, 3.05) is 19.8 Å². The minimum absolute atomic E-state index is 0.189. The molecule has 3 heteroatoms. The molecule has 0 saturated carbocycles. The minimum atomic E-state index is 0.189. The molecule has 0 aliphatic rings. The topological polar surface area (TPSA) is 21.3 Å². The highest BCUT2D eigenvalue weighted by molar-refractivity contribution is 14.1. The molecule has 0 rings (SSSR count). The van der Waals surface area contributed by atoms with Crippen LogP contribution in [0.3, 0.4) is 0 Å². The van der Waals surface area contributed by atoms with Crippen LogP contribution in [0.4, 0.5) is 0 Å². The molecule has 0 aromatic carbocycles. The van der Waals surface area contributed by atoms with Gasteiger partial charge in [-0.15, -0.1) is 0 Å². The molecular formula is C7H16INO. The Bertz CT molecular complexity index is 80.2. The highest BCUT2D eigenvalue weighted by atomic mass is 127. The van der Waals surface area contributed by atoms with Crippen LogP contribution in [-0.2, 0) is 4.74 Å². The highest BCUT2D eigenvalue weighted by Crippen LogP contribution is 2.10. The van der Waals surface area contributed by atoms with Crippen LogP contribution < -0.4 is 5.32 Å². The van der Waals surface area contributed by atoms with Crippen LogP contribution in [0, 0.1) is 0 Å². The van der Waals surface area contributed by atoms with E-state index in [1.165, 1.54) is 0 Å². The molecule has 62 valence electrons. The molecule has 0 heterocycles. The molecule has 0 unspecified atom stereocenters. The van der Waals surface area contributed by atoms with Gasteiger partial charge in [0.2, 0.25) is 0 Å². The van der Waals surface area contributed by atoms with Gasteiger partial charge in [-0.05, 0) is 20.8 Å². The number of alkyl halides is 1. The van der Waals surface area contributed by atoms with Crippen LogP contribution in [0.15, 0.2) is 0 Å². The van der Waals surface area contributed by atoms with Crippen molar-refractivity contribution >= 4 is 22.6 Å². The summed E-state index contributed by atoms with van der Waals surface area (Å²) in [7, 11) is 0. The van der Waals surface area contributed by atoms with Crippen LogP contribution in [-0.4, -0.2) is 23.3 Å². The molecule has 0 fully saturated rings. The molecule has 0 spiro atoms. The average molecular weight is 257 g/mol. The van der Waals surface area contributed by atoms with E-state index in [0.29, 0.717) is 0 Å². The van der Waals surface area contributed by atoms with E-state index in [2.05, 4.69) is 41.8 Å². The quantitative estimate of drug-likeness (QED) is 0.351. The zero-order chi connectivity index (χ0) is 8.04. The summed E-state index contributed by atoms with van der Waals surface area (Å²) in [5.74, 6) is 0. The van der Waals surface area contributed by atoms with E-state index < -0.39 is 0 Å². The van der Waals surface area contributed by atoms with Gasteiger partial charge in [0.25, 0.3) is 0 Å². The largest absolute Gasteiger partial charge is 0.380 e. The molecular weight excluding hydrogens is 241 g/mol. The second-order valence-electron chi connectivity index (χ2n) is 2.60. The fourth-order valence-corrected chi connectivity index (χ4v) is 0.834. The smallest absolute Gasteiger partial charge is 0.0649 e. The van der Waals surface area contributed by atoms with E-state index in [9.17, 15) is 0 Å². The number of rotatable bonds is 5. The van der Waals surface area contributed by atoms with Gasteiger partial charge < -0.3 is 10.1 Å². The second kappa shape index (κ2) is 5.32. The lowest BCUT2D eigenvalue weighted by Gasteiger charge is -2.17. The number of nitrogens with one attached hydrogen (secondary N) is 1. The third kappa shape index (κ3) is 8.65. The van der Waals surface area contributed by atoms with E-state index in [-0.39, 0.29) is 3.55 Å². The lowest BCUT2D eigenvalue weighted by Crippen LogP contribution is -2.35. The molecule has 0 aromatic heterocycles. The second-order valence-corrected chi connectivity index (χ2v) is 5.29. The van der Waals surface area contributed by atoms with Gasteiger partial charge in [-0.2, -0.15) is 0 Å². The fraction of sp³-hybridized carbons (Fsp3) is 1.00. The molecule has 0 radical (unpaired) electrons. The Kier molecular flexibility index (Phi) is 5.67. The zero-order valence-electron chi connectivity index (χ0n) is 6.91. The third-order valence-corrected chi connectivity index (χ3v) is 1.38. The van der Waals surface area contributed by atoms with E-state index in [1.807, 2.05) is 6.92 Å². The van der Waals surface area contributed by atoms with Crippen LogP contribution in [0.25, 0.3) is 0 Å². The van der Waals surface area contributed by atoms with Gasteiger partial charge in [-0.25, -0.2) is 0 Å². The normalized spacial score (nSPS) is 12.0. The molecule has 1 N–H and O–H groups in total. The summed E-state index contributed by atoms with van der Waals surface area (Å²) in [5, 5.41) is 3.32. The van der Waals surface area contributed by atoms with Crippen molar-refractivity contribution in [1.29, 1.82) is 0 Å². The van der Waals surface area contributed by atoms with Crippen molar-refractivity contribution in [3.05, 3.63) is 0 Å². The molecule has 10 heavy (non-hydrogen) atoms. The van der Waals surface area contributed by atoms with Crippen molar-refractivity contribution in [3.8, 4) is 0 Å². The number of hydrogen-bond acceptors (Lipinski definition) is 2. The van der Waals surface area contributed by atoms with Crippen LogP contribution in [0.5, 0.6) is 0 Å². The van der Waals surface area contributed by atoms with Gasteiger partial charge in [0.05, 0.1) is 10.2 Å². The maximum absolute atomic E-state index is 5.16. The fourth-order valence-electron chi connectivity index (χ4n) is 0.565. The Hall–Kier alpha value is 0.650. The molecule has 0 aliphatic carbocycles. The molecule has 0 aliphatic heterocycles. The lowest BCUT2D eigenvalue weighted by molar-refractivity contribution is 0.147. The van der Waals surface area contributed by atoms with Gasteiger partial charge in [-0.3, -0.25) is 0 Å². The predicted molar refractivity (Wildman–Crippen MR) is 52.6 cm³/mol. The summed E-state index contributed by atoms with van der Waals surface area (Å²) in [5.41, 5.74) is 0. The summed E-state index contributed by atoms with van der Waals surface area (Å²) in [6.45, 7) is 8.84. The van der Waals surface area contributed by atoms with Crippen molar-refractivity contribution < 1.29 is 4.74 Å². The molecule has 0 bridgehead atoms. The van der Waals surface area contributed by atoms with E-state index in [1.54, 1.807) is 0 Å². The zero-order valence-corrected chi connectivity index (χ0v) is 9.07. The van der Waals surface area contributed by atoms with Gasteiger partial charge in [0.1, 0.15) is 0 Å². The molecule has 0 aromatic rings. The Morgan fingerprint density at radius 3 is 2.50 bits per heavy atom. The van der Waals surface area contributed by atoms with Gasteiger partial charge in [-0.1, -0.05) is 22.6 Å². The van der Waals surface area contributed by atoms with Crippen molar-refractivity contribution in [2.45, 2.75) is 24.3 Å². The predicted octanol–water partition coefficient (Wildman–Crippen LogP) is 1.78. The summed E-state index contributed by atoms with van der Waals surface area (Å²) >= 11 is 2.36. The minimum Gasteiger partial charge on any atom is -0.380 e. The molecule has 2 nitrogen and oxygen atoms in total. The first-order valence-electron chi connectivity index (χ1n) is 3.58. The Morgan fingerprint density at radius 2 is 2.10 bits per heavy atom. The van der Waals surface area contributed by atoms with Crippen LogP contribution in [0.1, 0.15) is 20.8 Å². The van der Waals surface area contributed by atoms with Crippen molar-refractivity contribution in [3.63, 3.8) is 0 Å². The van der Waals surface area contributed by atoms with E-state index >= 15 is 0 Å².